The van der Waals surface area contributed by atoms with Gasteiger partial charge in [0.2, 0.25) is 0 Å². The number of benzene rings is 1. The molecule has 0 aliphatic rings. The number of aryl methyl sites for hydroxylation is 1. The van der Waals surface area contributed by atoms with Crippen molar-refractivity contribution in [3.8, 4) is 5.75 Å². The Labute approximate surface area is 103 Å². The van der Waals surface area contributed by atoms with Crippen LogP contribution in [0.5, 0.6) is 5.75 Å². The van der Waals surface area contributed by atoms with Crippen LogP contribution in [0.2, 0.25) is 0 Å². The van der Waals surface area contributed by atoms with Crippen LogP contribution < -0.4 is 10.3 Å². The van der Waals surface area contributed by atoms with E-state index in [2.05, 4.69) is 4.98 Å². The average molecular weight is 247 g/mol. The van der Waals surface area contributed by atoms with Gasteiger partial charge in [-0.3, -0.25) is 9.59 Å². The maximum Gasteiger partial charge on any atom is 0.308 e. The Hall–Kier alpha value is -2.30. The molecule has 0 bridgehead atoms. The molecule has 0 aliphatic carbocycles. The van der Waals surface area contributed by atoms with E-state index in [1.165, 1.54) is 0 Å². The Morgan fingerprint density at radius 1 is 1.44 bits per heavy atom. The minimum Gasteiger partial charge on any atom is -0.497 e. The number of H-pyrrole nitrogens is 1. The topological polar surface area (TPSA) is 79.4 Å². The summed E-state index contributed by atoms with van der Waals surface area (Å²) >= 11 is 0. The van der Waals surface area contributed by atoms with Crippen molar-refractivity contribution in [2.24, 2.45) is 0 Å². The van der Waals surface area contributed by atoms with Crippen molar-refractivity contribution in [2.75, 3.05) is 7.11 Å². The lowest BCUT2D eigenvalue weighted by molar-refractivity contribution is -0.136. The van der Waals surface area contributed by atoms with E-state index >= 15 is 0 Å². The first-order valence-electron chi connectivity index (χ1n) is 5.44. The van der Waals surface area contributed by atoms with Crippen LogP contribution in [0.4, 0.5) is 0 Å². The van der Waals surface area contributed by atoms with Crippen molar-refractivity contribution >= 4 is 16.9 Å². The molecule has 0 radical (unpaired) electrons. The number of carboxylic acids is 1. The molecular weight excluding hydrogens is 234 g/mol. The van der Waals surface area contributed by atoms with E-state index in [0.717, 1.165) is 5.39 Å². The van der Waals surface area contributed by atoms with Crippen LogP contribution in [0.25, 0.3) is 10.9 Å². The highest BCUT2D eigenvalue weighted by Crippen LogP contribution is 2.22. The number of nitrogens with one attached hydrogen (secondary N) is 1. The van der Waals surface area contributed by atoms with Gasteiger partial charge < -0.3 is 14.8 Å². The molecule has 0 fully saturated rings. The third-order valence-corrected chi connectivity index (χ3v) is 2.93. The van der Waals surface area contributed by atoms with Gasteiger partial charge in [-0.2, -0.15) is 0 Å². The number of rotatable bonds is 3. The first-order valence-corrected chi connectivity index (χ1v) is 5.44. The van der Waals surface area contributed by atoms with Crippen molar-refractivity contribution in [2.45, 2.75) is 13.3 Å². The van der Waals surface area contributed by atoms with Crippen LogP contribution in [0.1, 0.15) is 11.1 Å². The monoisotopic (exact) mass is 247 g/mol. The molecule has 18 heavy (non-hydrogen) atoms. The highest BCUT2D eigenvalue weighted by Gasteiger charge is 2.12. The zero-order chi connectivity index (χ0) is 13.3. The molecule has 0 aliphatic heterocycles. The number of carbonyl (C=O) groups is 1. The Morgan fingerprint density at radius 3 is 2.78 bits per heavy atom. The molecular formula is C13H13NO4. The molecule has 2 N–H and O–H groups in total. The Balaban J connectivity index is 2.71. The predicted octanol–water partition coefficient (Wildman–Crippen LogP) is 1.47. The summed E-state index contributed by atoms with van der Waals surface area (Å²) in [6.45, 7) is 1.75. The van der Waals surface area contributed by atoms with Gasteiger partial charge in [0, 0.05) is 17.0 Å². The highest BCUT2D eigenvalue weighted by atomic mass is 16.5. The fraction of sp³-hybridized carbons (Fsp3) is 0.231. The summed E-state index contributed by atoms with van der Waals surface area (Å²) in [7, 11) is 1.55. The van der Waals surface area contributed by atoms with Gasteiger partial charge >= 0.3 is 5.97 Å². The second kappa shape index (κ2) is 4.52. The number of carboxylic acid groups (broad SMARTS) is 1. The van der Waals surface area contributed by atoms with Crippen LogP contribution in [-0.4, -0.2) is 23.2 Å². The van der Waals surface area contributed by atoms with Crippen molar-refractivity contribution < 1.29 is 14.6 Å². The molecule has 0 amide bonds. The van der Waals surface area contributed by atoms with Gasteiger partial charge in [-0.05, 0) is 24.6 Å². The van der Waals surface area contributed by atoms with Crippen LogP contribution >= 0.6 is 0 Å². The Morgan fingerprint density at radius 2 is 2.17 bits per heavy atom. The smallest absolute Gasteiger partial charge is 0.308 e. The quantitative estimate of drug-likeness (QED) is 0.860. The molecule has 0 saturated heterocycles. The van der Waals surface area contributed by atoms with Crippen LogP contribution in [0.15, 0.2) is 23.0 Å². The maximum absolute atomic E-state index is 11.8. The first-order chi connectivity index (χ1) is 8.52. The summed E-state index contributed by atoms with van der Waals surface area (Å²) in [4.78, 5) is 25.2. The largest absolute Gasteiger partial charge is 0.497 e. The van der Waals surface area contributed by atoms with Crippen LogP contribution in [0.3, 0.4) is 0 Å². The summed E-state index contributed by atoms with van der Waals surface area (Å²) in [6, 6.07) is 5.30. The molecule has 94 valence electrons. The second-order valence-corrected chi connectivity index (χ2v) is 4.04. The molecule has 1 heterocycles. The standard InChI is InChI=1S/C13H13NO4/c1-7-9-4-3-8(18-2)5-11(9)14-13(17)10(7)6-12(15)16/h3-5H,6H2,1-2H3,(H,14,17)(H,15,16). The zero-order valence-corrected chi connectivity index (χ0v) is 10.1. The van der Waals surface area contributed by atoms with Crippen LogP contribution in [0, 0.1) is 6.92 Å². The molecule has 2 rings (SSSR count). The van der Waals surface area contributed by atoms with E-state index in [4.69, 9.17) is 9.84 Å². The van der Waals surface area contributed by atoms with Gasteiger partial charge in [0.05, 0.1) is 19.0 Å². The molecule has 5 heteroatoms. The number of ether oxygens (including phenoxy) is 1. The van der Waals surface area contributed by atoms with E-state index in [-0.39, 0.29) is 12.0 Å². The van der Waals surface area contributed by atoms with Gasteiger partial charge in [0.25, 0.3) is 5.56 Å². The molecule has 0 unspecified atom stereocenters. The number of aliphatic carboxylic acids is 1. The molecule has 0 saturated carbocycles. The number of hydrogen-bond acceptors (Lipinski definition) is 3. The summed E-state index contributed by atoms with van der Waals surface area (Å²) in [5.74, 6) is -0.375. The first kappa shape index (κ1) is 12.2. The highest BCUT2D eigenvalue weighted by molar-refractivity contribution is 5.85. The lowest BCUT2D eigenvalue weighted by Gasteiger charge is -2.08. The normalized spacial score (nSPS) is 10.6. The van der Waals surface area contributed by atoms with E-state index in [9.17, 15) is 9.59 Å². The van der Waals surface area contributed by atoms with Crippen molar-refractivity contribution in [3.63, 3.8) is 0 Å². The molecule has 5 nitrogen and oxygen atoms in total. The Kier molecular flexibility index (Phi) is 3.06. The minimum absolute atomic E-state index is 0.275. The number of fused-ring (bicyclic) bond motifs is 1. The zero-order valence-electron chi connectivity index (χ0n) is 10.1. The molecule has 1 aromatic carbocycles. The van der Waals surface area contributed by atoms with Gasteiger partial charge in [-0.25, -0.2) is 0 Å². The molecule has 1 aromatic heterocycles. The third-order valence-electron chi connectivity index (χ3n) is 2.93. The minimum atomic E-state index is -1.02. The average Bonchev–Trinajstić information content (AvgIpc) is 2.33. The summed E-state index contributed by atoms with van der Waals surface area (Å²) in [6.07, 6.45) is -0.275. The molecule has 0 atom stereocenters. The fourth-order valence-electron chi connectivity index (χ4n) is 1.98. The number of hydrogen-bond donors (Lipinski definition) is 2. The van der Waals surface area contributed by atoms with E-state index in [1.807, 2.05) is 6.07 Å². The van der Waals surface area contributed by atoms with Crippen molar-refractivity contribution in [3.05, 3.63) is 39.7 Å². The second-order valence-electron chi connectivity index (χ2n) is 4.04. The lowest BCUT2D eigenvalue weighted by atomic mass is 10.0. The van der Waals surface area contributed by atoms with E-state index < -0.39 is 5.97 Å². The number of aromatic amines is 1. The van der Waals surface area contributed by atoms with Gasteiger partial charge in [0.15, 0.2) is 0 Å². The third kappa shape index (κ3) is 2.07. The maximum atomic E-state index is 11.8. The predicted molar refractivity (Wildman–Crippen MR) is 67.2 cm³/mol. The molecule has 2 aromatic rings. The SMILES string of the molecule is COc1ccc2c(C)c(CC(=O)O)c(=O)[nH]c2c1. The fourth-order valence-corrected chi connectivity index (χ4v) is 1.98. The van der Waals surface area contributed by atoms with E-state index in [1.54, 1.807) is 26.2 Å². The van der Waals surface area contributed by atoms with Gasteiger partial charge in [0.1, 0.15) is 5.75 Å². The Bertz CT molecular complexity index is 672. The number of aromatic nitrogens is 1. The van der Waals surface area contributed by atoms with Crippen LogP contribution in [-0.2, 0) is 11.2 Å². The number of methoxy groups -OCH3 is 1. The number of pyridine rings is 1. The van der Waals surface area contributed by atoms with Crippen molar-refractivity contribution in [1.29, 1.82) is 0 Å². The summed E-state index contributed by atoms with van der Waals surface area (Å²) < 4.78 is 5.08. The summed E-state index contributed by atoms with van der Waals surface area (Å²) in [5, 5.41) is 9.62. The van der Waals surface area contributed by atoms with Crippen molar-refractivity contribution in [1.82, 2.24) is 4.98 Å². The summed E-state index contributed by atoms with van der Waals surface area (Å²) in [5.41, 5.74) is 1.26. The molecule has 0 spiro atoms. The van der Waals surface area contributed by atoms with E-state index in [0.29, 0.717) is 22.4 Å². The van der Waals surface area contributed by atoms with Gasteiger partial charge in [-0.15, -0.1) is 0 Å². The lowest BCUT2D eigenvalue weighted by Crippen LogP contribution is -2.18. The van der Waals surface area contributed by atoms with Gasteiger partial charge in [-0.1, -0.05) is 0 Å².